The van der Waals surface area contributed by atoms with Crippen LogP contribution in [-0.4, -0.2) is 31.5 Å². The maximum atomic E-state index is 6.29. The molecule has 3 heteroatoms. The van der Waals surface area contributed by atoms with Gasteiger partial charge >= 0.3 is 0 Å². The quantitative estimate of drug-likeness (QED) is 0.389. The van der Waals surface area contributed by atoms with Gasteiger partial charge in [-0.15, -0.1) is 0 Å². The van der Waals surface area contributed by atoms with Gasteiger partial charge in [-0.25, -0.2) is 0 Å². The summed E-state index contributed by atoms with van der Waals surface area (Å²) in [5.74, 6) is 0. The summed E-state index contributed by atoms with van der Waals surface area (Å²) in [5, 5.41) is 0. The molecule has 0 radical (unpaired) electrons. The van der Waals surface area contributed by atoms with Crippen LogP contribution in [0.2, 0.25) is 0 Å². The molecule has 1 saturated heterocycles. The van der Waals surface area contributed by atoms with Crippen molar-refractivity contribution in [2.75, 3.05) is 13.2 Å². The lowest BCUT2D eigenvalue weighted by Crippen LogP contribution is -2.29. The summed E-state index contributed by atoms with van der Waals surface area (Å²) in [7, 11) is 0. The molecule has 1 fully saturated rings. The Kier molecular flexibility index (Phi) is 8.66. The van der Waals surface area contributed by atoms with E-state index in [1.807, 2.05) is 18.2 Å². The summed E-state index contributed by atoms with van der Waals surface area (Å²) in [6, 6.07) is 10.3. The van der Waals surface area contributed by atoms with Crippen molar-refractivity contribution < 1.29 is 14.2 Å². The zero-order valence-corrected chi connectivity index (χ0v) is 14.7. The molecule has 1 aromatic carbocycles. The van der Waals surface area contributed by atoms with Crippen LogP contribution in [0.5, 0.6) is 0 Å². The minimum absolute atomic E-state index is 0.166. The fraction of sp³-hybridized carbons (Fsp3) is 0.700. The SMILES string of the molecule is CCCCCC[C@H](OC(CC)COCc1ccccc1)[C@H]1CO1. The molecule has 23 heavy (non-hydrogen) atoms. The zero-order valence-electron chi connectivity index (χ0n) is 14.7. The third-order valence-corrected chi connectivity index (χ3v) is 4.35. The highest BCUT2D eigenvalue weighted by Crippen LogP contribution is 2.24. The smallest absolute Gasteiger partial charge is 0.107 e. The van der Waals surface area contributed by atoms with Crippen LogP contribution in [0.1, 0.15) is 57.9 Å². The highest BCUT2D eigenvalue weighted by atomic mass is 16.6. The van der Waals surface area contributed by atoms with Crippen LogP contribution in [0.4, 0.5) is 0 Å². The first kappa shape index (κ1) is 18.4. The van der Waals surface area contributed by atoms with Crippen LogP contribution in [0.3, 0.4) is 0 Å². The van der Waals surface area contributed by atoms with Gasteiger partial charge in [0.2, 0.25) is 0 Å². The molecule has 0 bridgehead atoms. The second-order valence-electron chi connectivity index (χ2n) is 6.43. The van der Waals surface area contributed by atoms with Crippen LogP contribution < -0.4 is 0 Å². The van der Waals surface area contributed by atoms with E-state index in [9.17, 15) is 0 Å². The molecule has 0 N–H and O–H groups in total. The lowest BCUT2D eigenvalue weighted by molar-refractivity contribution is -0.0731. The first-order valence-electron chi connectivity index (χ1n) is 9.22. The van der Waals surface area contributed by atoms with E-state index in [2.05, 4.69) is 26.0 Å². The van der Waals surface area contributed by atoms with Gasteiger partial charge in [0.1, 0.15) is 6.10 Å². The molecule has 3 atom stereocenters. The molecule has 1 heterocycles. The van der Waals surface area contributed by atoms with Crippen molar-refractivity contribution >= 4 is 0 Å². The Hall–Kier alpha value is -0.900. The minimum Gasteiger partial charge on any atom is -0.374 e. The van der Waals surface area contributed by atoms with E-state index in [0.717, 1.165) is 19.4 Å². The predicted molar refractivity (Wildman–Crippen MR) is 93.5 cm³/mol. The second kappa shape index (κ2) is 10.8. The van der Waals surface area contributed by atoms with Crippen molar-refractivity contribution in [2.24, 2.45) is 0 Å². The lowest BCUT2D eigenvalue weighted by atomic mass is 10.1. The molecule has 1 aliphatic rings. The van der Waals surface area contributed by atoms with Crippen LogP contribution >= 0.6 is 0 Å². The van der Waals surface area contributed by atoms with Gasteiger partial charge < -0.3 is 14.2 Å². The number of hydrogen-bond acceptors (Lipinski definition) is 3. The summed E-state index contributed by atoms with van der Waals surface area (Å²) in [5.41, 5.74) is 1.21. The van der Waals surface area contributed by atoms with Crippen LogP contribution in [0.25, 0.3) is 0 Å². The Morgan fingerprint density at radius 1 is 1.13 bits per heavy atom. The molecule has 1 aromatic rings. The largest absolute Gasteiger partial charge is 0.374 e. The van der Waals surface area contributed by atoms with E-state index in [-0.39, 0.29) is 12.2 Å². The number of epoxide rings is 1. The number of hydrogen-bond donors (Lipinski definition) is 0. The molecule has 0 amide bonds. The maximum absolute atomic E-state index is 6.29. The molecule has 3 nitrogen and oxygen atoms in total. The second-order valence-corrected chi connectivity index (χ2v) is 6.43. The molecule has 0 spiro atoms. The van der Waals surface area contributed by atoms with E-state index in [4.69, 9.17) is 14.2 Å². The summed E-state index contributed by atoms with van der Waals surface area (Å²) in [4.78, 5) is 0. The Morgan fingerprint density at radius 3 is 2.57 bits per heavy atom. The normalized spacial score (nSPS) is 19.5. The number of rotatable bonds is 13. The first-order chi connectivity index (χ1) is 11.3. The molecule has 1 unspecified atom stereocenters. The van der Waals surface area contributed by atoms with E-state index in [0.29, 0.717) is 19.3 Å². The van der Waals surface area contributed by atoms with Crippen LogP contribution in [-0.2, 0) is 20.8 Å². The van der Waals surface area contributed by atoms with Crippen LogP contribution in [0.15, 0.2) is 30.3 Å². The molecule has 0 aliphatic carbocycles. The van der Waals surface area contributed by atoms with Crippen molar-refractivity contribution in [3.05, 3.63) is 35.9 Å². The van der Waals surface area contributed by atoms with Crippen molar-refractivity contribution in [2.45, 2.75) is 77.3 Å². The van der Waals surface area contributed by atoms with Gasteiger partial charge in [-0.1, -0.05) is 69.9 Å². The average molecular weight is 320 g/mol. The summed E-state index contributed by atoms with van der Waals surface area (Å²) < 4.78 is 17.6. The van der Waals surface area contributed by atoms with Gasteiger partial charge in [0.25, 0.3) is 0 Å². The highest BCUT2D eigenvalue weighted by molar-refractivity contribution is 5.13. The summed E-state index contributed by atoms with van der Waals surface area (Å²) >= 11 is 0. The molecule has 0 saturated carbocycles. The van der Waals surface area contributed by atoms with Crippen LogP contribution in [0, 0.1) is 0 Å². The zero-order chi connectivity index (χ0) is 16.3. The van der Waals surface area contributed by atoms with E-state index in [1.165, 1.54) is 31.2 Å². The van der Waals surface area contributed by atoms with E-state index >= 15 is 0 Å². The Labute approximate surface area is 141 Å². The molecule has 1 aliphatic heterocycles. The van der Waals surface area contributed by atoms with Crippen molar-refractivity contribution in [3.8, 4) is 0 Å². The molecule has 130 valence electrons. The summed E-state index contributed by atoms with van der Waals surface area (Å²) in [6.45, 7) is 6.58. The minimum atomic E-state index is 0.166. The summed E-state index contributed by atoms with van der Waals surface area (Å²) in [6.07, 6.45) is 7.94. The van der Waals surface area contributed by atoms with Gasteiger partial charge in [0.15, 0.2) is 0 Å². The van der Waals surface area contributed by atoms with Gasteiger partial charge in [-0.2, -0.15) is 0 Å². The monoisotopic (exact) mass is 320 g/mol. The van der Waals surface area contributed by atoms with Crippen molar-refractivity contribution in [1.29, 1.82) is 0 Å². The highest BCUT2D eigenvalue weighted by Gasteiger charge is 2.34. The Balaban J connectivity index is 1.68. The third kappa shape index (κ3) is 7.47. The van der Waals surface area contributed by atoms with Crippen molar-refractivity contribution in [3.63, 3.8) is 0 Å². The molecule has 2 rings (SSSR count). The fourth-order valence-electron chi connectivity index (χ4n) is 2.77. The van der Waals surface area contributed by atoms with E-state index in [1.54, 1.807) is 0 Å². The number of unbranched alkanes of at least 4 members (excludes halogenated alkanes) is 3. The number of benzene rings is 1. The van der Waals surface area contributed by atoms with Gasteiger partial charge in [-0.3, -0.25) is 0 Å². The van der Waals surface area contributed by atoms with Gasteiger partial charge in [0, 0.05) is 0 Å². The van der Waals surface area contributed by atoms with Crippen molar-refractivity contribution in [1.82, 2.24) is 0 Å². The van der Waals surface area contributed by atoms with Gasteiger partial charge in [0.05, 0.1) is 32.0 Å². The topological polar surface area (TPSA) is 31.0 Å². The standard InChI is InChI=1S/C20H32O3/c1-3-5-6-10-13-19(20-16-22-20)23-18(4-2)15-21-14-17-11-8-7-9-12-17/h7-9,11-12,18-20H,3-6,10,13-16H2,1-2H3/t18?,19-,20+/m0/s1. The predicted octanol–water partition coefficient (Wildman–Crippen LogP) is 4.74. The molecule has 0 aromatic heterocycles. The fourth-order valence-corrected chi connectivity index (χ4v) is 2.77. The molecular weight excluding hydrogens is 288 g/mol. The van der Waals surface area contributed by atoms with Gasteiger partial charge in [-0.05, 0) is 18.4 Å². The maximum Gasteiger partial charge on any atom is 0.107 e. The lowest BCUT2D eigenvalue weighted by Gasteiger charge is -2.23. The molecular formula is C20H32O3. The average Bonchev–Trinajstić information content (AvgIpc) is 3.42. The third-order valence-electron chi connectivity index (χ3n) is 4.35. The number of ether oxygens (including phenoxy) is 3. The van der Waals surface area contributed by atoms with E-state index < -0.39 is 0 Å². The first-order valence-corrected chi connectivity index (χ1v) is 9.22. The Bertz CT molecular complexity index is 403. The Morgan fingerprint density at radius 2 is 1.91 bits per heavy atom.